The van der Waals surface area contributed by atoms with E-state index in [1.54, 1.807) is 35.2 Å². The first-order valence-corrected chi connectivity index (χ1v) is 14.1. The zero-order chi connectivity index (χ0) is 28.1. The van der Waals surface area contributed by atoms with E-state index >= 15 is 0 Å². The van der Waals surface area contributed by atoms with Crippen LogP contribution in [0, 0.1) is 0 Å². The van der Waals surface area contributed by atoms with Crippen molar-refractivity contribution in [3.05, 3.63) is 141 Å². The van der Waals surface area contributed by atoms with Gasteiger partial charge >= 0.3 is 0 Å². The molecule has 0 saturated carbocycles. The number of benzene rings is 4. The molecule has 5 nitrogen and oxygen atoms in total. The van der Waals surface area contributed by atoms with E-state index in [1.165, 1.54) is 0 Å². The highest BCUT2D eigenvalue weighted by atomic mass is 35.5. The Morgan fingerprint density at radius 2 is 1.50 bits per heavy atom. The number of fused-ring (bicyclic) bond motifs is 1. The van der Waals surface area contributed by atoms with Gasteiger partial charge in [-0.25, -0.2) is 0 Å². The van der Waals surface area contributed by atoms with Gasteiger partial charge in [0.25, 0.3) is 5.91 Å². The quantitative estimate of drug-likeness (QED) is 0.249. The third-order valence-corrected chi connectivity index (χ3v) is 7.98. The normalized spacial score (nSPS) is 17.3. The zero-order valence-corrected chi connectivity index (χ0v) is 23.4. The van der Waals surface area contributed by atoms with E-state index < -0.39 is 18.0 Å². The van der Waals surface area contributed by atoms with E-state index in [0.29, 0.717) is 46.1 Å². The van der Waals surface area contributed by atoms with E-state index in [1.807, 2.05) is 72.8 Å². The Kier molecular flexibility index (Phi) is 8.85. The minimum Gasteiger partial charge on any atom is -0.394 e. The van der Waals surface area contributed by atoms with Crippen LogP contribution in [0.4, 0.5) is 0 Å². The van der Waals surface area contributed by atoms with Gasteiger partial charge in [0.1, 0.15) is 0 Å². The summed E-state index contributed by atoms with van der Waals surface area (Å²) in [4.78, 5) is 29.8. The molecular weight excluding hydrogens is 543 g/mol. The van der Waals surface area contributed by atoms with Crippen molar-refractivity contribution in [3.63, 3.8) is 0 Å². The van der Waals surface area contributed by atoms with Crippen molar-refractivity contribution in [1.29, 1.82) is 0 Å². The van der Waals surface area contributed by atoms with Gasteiger partial charge in [-0.05, 0) is 53.3 Å². The third-order valence-electron chi connectivity index (χ3n) is 7.41. The molecule has 0 unspecified atom stereocenters. The van der Waals surface area contributed by atoms with E-state index in [2.05, 4.69) is 5.32 Å². The minimum atomic E-state index is -0.759. The summed E-state index contributed by atoms with van der Waals surface area (Å²) in [5.74, 6) is -1.23. The van der Waals surface area contributed by atoms with Crippen molar-refractivity contribution in [2.45, 2.75) is 30.8 Å². The highest BCUT2D eigenvalue weighted by Crippen LogP contribution is 2.46. The van der Waals surface area contributed by atoms with E-state index in [-0.39, 0.29) is 18.4 Å². The molecule has 0 saturated heterocycles. The molecule has 204 valence electrons. The number of halogens is 2. The molecule has 2 N–H and O–H groups in total. The zero-order valence-electron chi connectivity index (χ0n) is 21.8. The molecular formula is C33H30Cl2N2O3. The Bertz CT molecular complexity index is 1480. The van der Waals surface area contributed by atoms with Crippen molar-refractivity contribution in [2.75, 3.05) is 13.2 Å². The molecule has 1 aliphatic rings. The number of rotatable bonds is 9. The molecule has 1 heterocycles. The molecule has 4 aromatic carbocycles. The summed E-state index contributed by atoms with van der Waals surface area (Å²) in [5, 5.41) is 14.5. The first-order chi connectivity index (χ1) is 19.5. The van der Waals surface area contributed by atoms with Crippen LogP contribution >= 0.6 is 23.2 Å². The number of aliphatic hydroxyl groups is 1. The monoisotopic (exact) mass is 572 g/mol. The summed E-state index contributed by atoms with van der Waals surface area (Å²) in [5.41, 5.74) is 3.76. The number of hydrogen-bond donors (Lipinski definition) is 2. The summed E-state index contributed by atoms with van der Waals surface area (Å²) < 4.78 is 0. The lowest BCUT2D eigenvalue weighted by molar-refractivity contribution is -0.124. The van der Waals surface area contributed by atoms with Crippen LogP contribution in [0.2, 0.25) is 10.0 Å². The maximum atomic E-state index is 14.2. The molecule has 40 heavy (non-hydrogen) atoms. The van der Waals surface area contributed by atoms with Crippen LogP contribution in [0.15, 0.2) is 103 Å². The SMILES string of the molecule is O=C(NCCc1ccccc1)[C@H]1c2ccccc2C(=O)N([C@H](CO)Cc2ccccc2)[C@@H]1c1ccc(Cl)cc1Cl. The fourth-order valence-corrected chi connectivity index (χ4v) is 6.05. The molecule has 0 bridgehead atoms. The topological polar surface area (TPSA) is 69.6 Å². The lowest BCUT2D eigenvalue weighted by Crippen LogP contribution is -2.53. The van der Waals surface area contributed by atoms with Crippen molar-refractivity contribution in [1.82, 2.24) is 10.2 Å². The maximum Gasteiger partial charge on any atom is 0.255 e. The van der Waals surface area contributed by atoms with E-state index in [4.69, 9.17) is 23.2 Å². The van der Waals surface area contributed by atoms with Gasteiger partial charge < -0.3 is 15.3 Å². The predicted octanol–water partition coefficient (Wildman–Crippen LogP) is 6.24. The van der Waals surface area contributed by atoms with Crippen LogP contribution in [-0.2, 0) is 17.6 Å². The van der Waals surface area contributed by atoms with Crippen LogP contribution in [0.1, 0.15) is 44.6 Å². The standard InChI is InChI=1S/C33H30Cl2N2O3/c34-24-15-16-28(29(35)20-24)31-30(32(39)36-18-17-22-9-3-1-4-10-22)26-13-7-8-14-27(26)33(40)37(31)25(21-38)19-23-11-5-2-6-12-23/h1-16,20,25,30-31,38H,17-19,21H2,(H,36,39)/t25-,30-,31+/m0/s1. The van der Waals surface area contributed by atoms with Gasteiger partial charge in [0.15, 0.2) is 0 Å². The molecule has 3 atom stereocenters. The molecule has 7 heteroatoms. The Morgan fingerprint density at radius 1 is 0.850 bits per heavy atom. The van der Waals surface area contributed by atoms with Gasteiger partial charge in [0.05, 0.1) is 24.6 Å². The lowest BCUT2D eigenvalue weighted by atomic mass is 9.78. The largest absolute Gasteiger partial charge is 0.394 e. The number of carbonyl (C=O) groups is 2. The molecule has 0 fully saturated rings. The first-order valence-electron chi connectivity index (χ1n) is 13.3. The molecule has 4 aromatic rings. The molecule has 1 aliphatic heterocycles. The van der Waals surface area contributed by atoms with E-state index in [0.717, 1.165) is 11.1 Å². The average molecular weight is 574 g/mol. The molecule has 0 aromatic heterocycles. The van der Waals surface area contributed by atoms with Crippen molar-refractivity contribution in [3.8, 4) is 0 Å². The van der Waals surface area contributed by atoms with Crippen LogP contribution in [-0.4, -0.2) is 41.0 Å². The molecule has 0 spiro atoms. The van der Waals surface area contributed by atoms with Crippen LogP contribution in [0.25, 0.3) is 0 Å². The Balaban J connectivity index is 1.58. The minimum absolute atomic E-state index is 0.215. The third kappa shape index (κ3) is 5.92. The Morgan fingerprint density at radius 3 is 2.17 bits per heavy atom. The highest BCUT2D eigenvalue weighted by Gasteiger charge is 2.47. The molecule has 2 amide bonds. The van der Waals surface area contributed by atoms with Crippen molar-refractivity contribution in [2.24, 2.45) is 0 Å². The number of amides is 2. The van der Waals surface area contributed by atoms with Gasteiger partial charge in [0.2, 0.25) is 5.91 Å². The second-order valence-corrected chi connectivity index (χ2v) is 10.8. The first kappa shape index (κ1) is 27.9. The Labute approximate surface area is 244 Å². The maximum absolute atomic E-state index is 14.2. The van der Waals surface area contributed by atoms with Gasteiger partial charge in [-0.15, -0.1) is 0 Å². The number of nitrogens with zero attached hydrogens (tertiary/aromatic N) is 1. The lowest BCUT2D eigenvalue weighted by Gasteiger charge is -2.45. The van der Waals surface area contributed by atoms with Gasteiger partial charge in [0, 0.05) is 22.2 Å². The second kappa shape index (κ2) is 12.7. The smallest absolute Gasteiger partial charge is 0.255 e. The Hall–Kier alpha value is -3.64. The van der Waals surface area contributed by atoms with Crippen molar-refractivity contribution < 1.29 is 14.7 Å². The average Bonchev–Trinajstić information content (AvgIpc) is 2.97. The summed E-state index contributed by atoms with van der Waals surface area (Å²) in [6, 6.07) is 30.6. The van der Waals surface area contributed by atoms with Crippen LogP contribution < -0.4 is 5.32 Å². The molecule has 5 rings (SSSR count). The second-order valence-electron chi connectivity index (χ2n) is 9.94. The molecule has 0 radical (unpaired) electrons. The summed E-state index contributed by atoms with van der Waals surface area (Å²) in [7, 11) is 0. The predicted molar refractivity (Wildman–Crippen MR) is 159 cm³/mol. The van der Waals surface area contributed by atoms with Gasteiger partial charge in [-0.1, -0.05) is 108 Å². The van der Waals surface area contributed by atoms with Crippen LogP contribution in [0.5, 0.6) is 0 Å². The number of aliphatic hydroxyl groups excluding tert-OH is 1. The fraction of sp³-hybridized carbons (Fsp3) is 0.212. The highest BCUT2D eigenvalue weighted by molar-refractivity contribution is 6.35. The fourth-order valence-electron chi connectivity index (χ4n) is 5.53. The summed E-state index contributed by atoms with van der Waals surface area (Å²) in [6.45, 7) is 0.150. The number of hydrogen-bond acceptors (Lipinski definition) is 3. The molecule has 0 aliphatic carbocycles. The summed E-state index contributed by atoms with van der Waals surface area (Å²) >= 11 is 13.0. The number of carbonyl (C=O) groups excluding carboxylic acids is 2. The summed E-state index contributed by atoms with van der Waals surface area (Å²) in [6.07, 6.45) is 1.08. The van der Waals surface area contributed by atoms with Gasteiger partial charge in [-0.2, -0.15) is 0 Å². The van der Waals surface area contributed by atoms with E-state index in [9.17, 15) is 14.7 Å². The van der Waals surface area contributed by atoms with Crippen LogP contribution in [0.3, 0.4) is 0 Å². The number of nitrogens with one attached hydrogen (secondary N) is 1. The van der Waals surface area contributed by atoms with Gasteiger partial charge in [-0.3, -0.25) is 9.59 Å². The van der Waals surface area contributed by atoms with Crippen molar-refractivity contribution >= 4 is 35.0 Å².